The Morgan fingerprint density at radius 1 is 1.25 bits per heavy atom. The highest BCUT2D eigenvalue weighted by Gasteiger charge is 2.20. The number of hydrogen-bond donors (Lipinski definition) is 1. The van der Waals surface area contributed by atoms with Gasteiger partial charge in [0.1, 0.15) is 0 Å². The van der Waals surface area contributed by atoms with Crippen LogP contribution in [0.2, 0.25) is 0 Å². The van der Waals surface area contributed by atoms with E-state index in [4.69, 9.17) is 14.6 Å². The van der Waals surface area contributed by atoms with E-state index in [1.807, 2.05) is 0 Å². The van der Waals surface area contributed by atoms with Gasteiger partial charge >= 0.3 is 5.97 Å². The zero-order valence-corrected chi connectivity index (χ0v) is 10.8. The predicted octanol–water partition coefficient (Wildman–Crippen LogP) is 0.417. The molecule has 0 aliphatic carbocycles. The number of ether oxygens (including phenoxy) is 2. The Balaban J connectivity index is 1.97. The number of Topliss-reactive ketones (excluding diaryl/α,β-unsaturated/α-hetero) is 1. The van der Waals surface area contributed by atoms with Gasteiger partial charge in [0.15, 0.2) is 11.5 Å². The molecule has 0 unspecified atom stereocenters. The van der Waals surface area contributed by atoms with Crippen molar-refractivity contribution in [2.45, 2.75) is 13.0 Å². The van der Waals surface area contributed by atoms with Gasteiger partial charge in [0.2, 0.25) is 18.5 Å². The Kier molecular flexibility index (Phi) is 3.88. The van der Waals surface area contributed by atoms with E-state index in [1.165, 1.54) is 11.9 Å². The van der Waals surface area contributed by atoms with Crippen LogP contribution in [0.5, 0.6) is 11.5 Å². The molecule has 1 aromatic rings. The summed E-state index contributed by atoms with van der Waals surface area (Å²) >= 11 is 0. The van der Waals surface area contributed by atoms with E-state index in [-0.39, 0.29) is 13.3 Å². The summed E-state index contributed by atoms with van der Waals surface area (Å²) < 4.78 is 10.4. The molecule has 0 saturated heterocycles. The molecule has 0 aromatic heterocycles. The first-order valence-electron chi connectivity index (χ1n) is 5.86. The van der Waals surface area contributed by atoms with Crippen molar-refractivity contribution in [3.63, 3.8) is 0 Å². The van der Waals surface area contributed by atoms with Crippen LogP contribution in [-0.2, 0) is 20.9 Å². The number of amides is 1. The number of carbonyl (C=O) groups is 3. The second-order valence-corrected chi connectivity index (χ2v) is 4.34. The van der Waals surface area contributed by atoms with Crippen LogP contribution in [0.15, 0.2) is 18.2 Å². The molecule has 2 rings (SSSR count). The maximum absolute atomic E-state index is 11.7. The molecular weight excluding hydrogens is 266 g/mol. The first-order valence-corrected chi connectivity index (χ1v) is 5.86. The summed E-state index contributed by atoms with van der Waals surface area (Å²) in [6.07, 6.45) is -0.642. The Morgan fingerprint density at radius 3 is 2.65 bits per heavy atom. The van der Waals surface area contributed by atoms with Crippen LogP contribution in [0.4, 0.5) is 0 Å². The van der Waals surface area contributed by atoms with Gasteiger partial charge in [0.25, 0.3) is 0 Å². The van der Waals surface area contributed by atoms with Crippen LogP contribution in [-0.4, -0.2) is 41.5 Å². The summed E-state index contributed by atoms with van der Waals surface area (Å²) in [5, 5.41) is 8.46. The van der Waals surface area contributed by atoms with Crippen LogP contribution >= 0.6 is 0 Å². The van der Waals surface area contributed by atoms with E-state index in [2.05, 4.69) is 0 Å². The van der Waals surface area contributed by atoms with Crippen molar-refractivity contribution in [2.24, 2.45) is 0 Å². The van der Waals surface area contributed by atoms with Gasteiger partial charge in [0.05, 0.1) is 6.42 Å². The largest absolute Gasteiger partial charge is 0.475 e. The van der Waals surface area contributed by atoms with Crippen LogP contribution in [0.25, 0.3) is 0 Å². The zero-order valence-electron chi connectivity index (χ0n) is 10.8. The highest BCUT2D eigenvalue weighted by atomic mass is 16.7. The fraction of sp³-hybridized carbons (Fsp3) is 0.308. The van der Waals surface area contributed by atoms with Gasteiger partial charge in [0, 0.05) is 13.6 Å². The van der Waals surface area contributed by atoms with Crippen molar-refractivity contribution in [3.8, 4) is 11.5 Å². The first kappa shape index (κ1) is 13.9. The quantitative estimate of drug-likeness (QED) is 0.620. The fourth-order valence-electron chi connectivity index (χ4n) is 1.75. The van der Waals surface area contributed by atoms with Crippen LogP contribution in [0.1, 0.15) is 12.0 Å². The summed E-state index contributed by atoms with van der Waals surface area (Å²) in [5.41, 5.74) is 0.799. The molecule has 0 fully saturated rings. The number of carboxylic acid groups (broad SMARTS) is 1. The van der Waals surface area contributed by atoms with Gasteiger partial charge in [-0.25, -0.2) is 4.79 Å². The van der Waals surface area contributed by atoms with E-state index in [1.54, 1.807) is 18.2 Å². The molecule has 0 atom stereocenters. The first-order chi connectivity index (χ1) is 9.47. The van der Waals surface area contributed by atoms with Crippen molar-refractivity contribution >= 4 is 17.7 Å². The molecule has 0 bridgehead atoms. The van der Waals surface area contributed by atoms with Crippen LogP contribution in [0, 0.1) is 0 Å². The van der Waals surface area contributed by atoms with E-state index < -0.39 is 24.1 Å². The molecule has 20 heavy (non-hydrogen) atoms. The van der Waals surface area contributed by atoms with Gasteiger partial charge in [-0.05, 0) is 17.7 Å². The van der Waals surface area contributed by atoms with Crippen molar-refractivity contribution < 1.29 is 29.0 Å². The average molecular weight is 279 g/mol. The number of hydrogen-bond acceptors (Lipinski definition) is 5. The summed E-state index contributed by atoms with van der Waals surface area (Å²) in [7, 11) is 1.50. The molecule has 106 valence electrons. The number of carbonyl (C=O) groups excluding carboxylic acids is 2. The molecule has 0 radical (unpaired) electrons. The second-order valence-electron chi connectivity index (χ2n) is 4.34. The third-order valence-corrected chi connectivity index (χ3v) is 2.83. The number of ketones is 1. The maximum Gasteiger partial charge on any atom is 0.372 e. The zero-order chi connectivity index (χ0) is 14.7. The third-order valence-electron chi connectivity index (χ3n) is 2.83. The minimum Gasteiger partial charge on any atom is -0.475 e. The van der Waals surface area contributed by atoms with Crippen molar-refractivity contribution in [3.05, 3.63) is 23.8 Å². The van der Waals surface area contributed by atoms with Crippen LogP contribution < -0.4 is 9.47 Å². The number of aliphatic carboxylic acids is 1. The van der Waals surface area contributed by atoms with Gasteiger partial charge < -0.3 is 19.5 Å². The van der Waals surface area contributed by atoms with Crippen molar-refractivity contribution in [1.29, 1.82) is 0 Å². The number of rotatable bonds is 5. The molecule has 7 nitrogen and oxygen atoms in total. The summed E-state index contributed by atoms with van der Waals surface area (Å²) in [6.45, 7) is 0.420. The molecule has 1 aromatic carbocycles. The third kappa shape index (κ3) is 3.05. The SMILES string of the molecule is CN(Cc1ccc2c(c1)OCO2)C(=O)CC(=O)C(=O)O. The van der Waals surface area contributed by atoms with E-state index >= 15 is 0 Å². The van der Waals surface area contributed by atoms with Gasteiger partial charge in [-0.2, -0.15) is 0 Å². The topological polar surface area (TPSA) is 93.1 Å². The summed E-state index contributed by atoms with van der Waals surface area (Å²) in [6, 6.07) is 5.25. The lowest BCUT2D eigenvalue weighted by molar-refractivity contribution is -0.151. The lowest BCUT2D eigenvalue weighted by Crippen LogP contribution is -2.30. The van der Waals surface area contributed by atoms with Crippen LogP contribution in [0.3, 0.4) is 0 Å². The minimum absolute atomic E-state index is 0.167. The Labute approximate surface area is 114 Å². The molecular formula is C13H13NO6. The number of benzene rings is 1. The standard InChI is InChI=1S/C13H13NO6/c1-14(12(16)5-9(15)13(17)18)6-8-2-3-10-11(4-8)20-7-19-10/h2-4H,5-7H2,1H3,(H,17,18). The van der Waals surface area contributed by atoms with E-state index in [9.17, 15) is 14.4 Å². The molecule has 0 spiro atoms. The highest BCUT2D eigenvalue weighted by molar-refractivity contribution is 6.36. The lowest BCUT2D eigenvalue weighted by atomic mass is 10.2. The summed E-state index contributed by atoms with van der Waals surface area (Å²) in [4.78, 5) is 34.3. The van der Waals surface area contributed by atoms with E-state index in [0.29, 0.717) is 11.5 Å². The van der Waals surface area contributed by atoms with E-state index in [0.717, 1.165) is 5.56 Å². The summed E-state index contributed by atoms with van der Waals surface area (Å²) in [5.74, 6) is -2.02. The lowest BCUT2D eigenvalue weighted by Gasteiger charge is -2.16. The molecule has 1 aliphatic rings. The number of carboxylic acids is 1. The molecule has 1 amide bonds. The molecule has 1 N–H and O–H groups in total. The number of nitrogens with zero attached hydrogens (tertiary/aromatic N) is 1. The predicted molar refractivity (Wildman–Crippen MR) is 66.3 cm³/mol. The monoisotopic (exact) mass is 279 g/mol. The second kappa shape index (κ2) is 5.60. The molecule has 1 aliphatic heterocycles. The number of fused-ring (bicyclic) bond motifs is 1. The normalized spacial score (nSPS) is 12.1. The van der Waals surface area contributed by atoms with Gasteiger partial charge in [-0.15, -0.1) is 0 Å². The molecule has 0 saturated carbocycles. The Bertz CT molecular complexity index is 568. The highest BCUT2D eigenvalue weighted by Crippen LogP contribution is 2.32. The Morgan fingerprint density at radius 2 is 1.95 bits per heavy atom. The minimum atomic E-state index is -1.60. The van der Waals surface area contributed by atoms with Gasteiger partial charge in [-0.3, -0.25) is 9.59 Å². The van der Waals surface area contributed by atoms with Crippen molar-refractivity contribution in [1.82, 2.24) is 4.90 Å². The Hall–Kier alpha value is -2.57. The molecule has 1 heterocycles. The molecule has 7 heteroatoms. The average Bonchev–Trinajstić information content (AvgIpc) is 2.85. The smallest absolute Gasteiger partial charge is 0.372 e. The van der Waals surface area contributed by atoms with Gasteiger partial charge in [-0.1, -0.05) is 6.07 Å². The van der Waals surface area contributed by atoms with Crippen molar-refractivity contribution in [2.75, 3.05) is 13.8 Å². The maximum atomic E-state index is 11.7. The fourth-order valence-corrected chi connectivity index (χ4v) is 1.75.